The summed E-state index contributed by atoms with van der Waals surface area (Å²) in [7, 11) is 0. The van der Waals surface area contributed by atoms with Crippen molar-refractivity contribution in [3.05, 3.63) is 22.8 Å². The van der Waals surface area contributed by atoms with Crippen LogP contribution >= 0.6 is 11.6 Å². The van der Waals surface area contributed by atoms with E-state index in [2.05, 4.69) is 66.0 Å². The molecule has 9 N–H and O–H groups in total. The fraction of sp³-hybridized carbons (Fsp3) is 0.826. The Bertz CT molecular complexity index is 580. The van der Waals surface area contributed by atoms with Gasteiger partial charge in [-0.2, -0.15) is 5.53 Å². The van der Waals surface area contributed by atoms with E-state index in [9.17, 15) is 0 Å². The molecule has 0 spiro atoms. The second kappa shape index (κ2) is 15.4. The van der Waals surface area contributed by atoms with Crippen LogP contribution in [0, 0.1) is 17.3 Å². The number of hydrogen-bond donors (Lipinski definition) is 3. The van der Waals surface area contributed by atoms with Crippen molar-refractivity contribution in [3.63, 3.8) is 0 Å². The number of halogens is 1. The SMILES string of the molecule is C.CC(C)[C@H](CN1CCC(C2=CC=C(Cl)CC2)C(C)(C)C1)NCCN1CCNN1.O.O.O. The first-order chi connectivity index (χ1) is 13.3. The van der Waals surface area contributed by atoms with Crippen LogP contribution in [-0.4, -0.2) is 78.2 Å². The van der Waals surface area contributed by atoms with Crippen LogP contribution in [-0.2, 0) is 0 Å². The van der Waals surface area contributed by atoms with E-state index in [0.29, 0.717) is 23.3 Å². The molecule has 8 nitrogen and oxygen atoms in total. The van der Waals surface area contributed by atoms with Crippen molar-refractivity contribution in [1.29, 1.82) is 0 Å². The number of hydrazine groups is 2. The highest BCUT2D eigenvalue weighted by Crippen LogP contribution is 2.42. The van der Waals surface area contributed by atoms with Crippen molar-refractivity contribution >= 4 is 11.6 Å². The first-order valence-electron chi connectivity index (χ1n) is 11.1. The van der Waals surface area contributed by atoms with E-state index in [4.69, 9.17) is 11.6 Å². The molecule has 0 bridgehead atoms. The highest BCUT2D eigenvalue weighted by atomic mass is 35.5. The minimum absolute atomic E-state index is 0. The van der Waals surface area contributed by atoms with Crippen molar-refractivity contribution in [2.75, 3.05) is 45.8 Å². The van der Waals surface area contributed by atoms with Crippen molar-refractivity contribution in [2.24, 2.45) is 17.3 Å². The third-order valence-electron chi connectivity index (χ3n) is 6.68. The largest absolute Gasteiger partial charge is 0.412 e. The van der Waals surface area contributed by atoms with E-state index in [0.717, 1.165) is 50.6 Å². The Balaban J connectivity index is 0. The third kappa shape index (κ3) is 9.37. The summed E-state index contributed by atoms with van der Waals surface area (Å²) in [6, 6.07) is 0.540. The standard InChI is InChI=1S/C22H40ClN5.CH4.3H2O/c1-17(2)21(24-10-13-28-14-11-25-26-28)15-27-12-9-20(22(3,4)16-27)18-5-7-19(23)8-6-18;;;;/h5,7,17,20-21,24-26H,6,8-16H2,1-4H3;1H4;3*1H2/t20?,21-;;;;/m0..../s1. The fourth-order valence-electron chi connectivity index (χ4n) is 4.99. The Morgan fingerprint density at radius 1 is 1.16 bits per heavy atom. The number of rotatable bonds is 8. The van der Waals surface area contributed by atoms with Crippen LogP contribution in [0.15, 0.2) is 22.8 Å². The lowest BCUT2D eigenvalue weighted by molar-refractivity contribution is 0.0600. The molecule has 0 aromatic carbocycles. The summed E-state index contributed by atoms with van der Waals surface area (Å²) in [5.41, 5.74) is 8.30. The predicted molar refractivity (Wildman–Crippen MR) is 136 cm³/mol. The Morgan fingerprint density at radius 3 is 2.41 bits per heavy atom. The second-order valence-electron chi connectivity index (χ2n) is 9.75. The quantitative estimate of drug-likeness (QED) is 0.481. The number of piperidine rings is 1. The van der Waals surface area contributed by atoms with Gasteiger partial charge in [0.1, 0.15) is 0 Å². The fourth-order valence-corrected chi connectivity index (χ4v) is 5.14. The van der Waals surface area contributed by atoms with Gasteiger partial charge in [-0.05, 0) is 49.1 Å². The zero-order chi connectivity index (χ0) is 20.1. The van der Waals surface area contributed by atoms with Gasteiger partial charge in [-0.25, -0.2) is 10.4 Å². The molecule has 2 fully saturated rings. The van der Waals surface area contributed by atoms with E-state index in [1.54, 1.807) is 5.57 Å². The molecule has 3 rings (SSSR count). The highest BCUT2D eigenvalue weighted by molar-refractivity contribution is 6.29. The molecule has 2 saturated heterocycles. The minimum atomic E-state index is 0. The van der Waals surface area contributed by atoms with E-state index in [1.165, 1.54) is 19.5 Å². The van der Waals surface area contributed by atoms with Crippen LogP contribution in [0.2, 0.25) is 0 Å². The topological polar surface area (TPSA) is 137 Å². The minimum Gasteiger partial charge on any atom is -0.412 e. The van der Waals surface area contributed by atoms with Gasteiger partial charge in [0.25, 0.3) is 0 Å². The highest BCUT2D eigenvalue weighted by Gasteiger charge is 2.38. The first kappa shape index (κ1) is 33.6. The molecule has 2 aliphatic heterocycles. The summed E-state index contributed by atoms with van der Waals surface area (Å²) in [5.74, 6) is 1.32. The van der Waals surface area contributed by atoms with Crippen LogP contribution < -0.4 is 16.3 Å². The summed E-state index contributed by atoms with van der Waals surface area (Å²) in [4.78, 5) is 2.69. The second-order valence-corrected chi connectivity index (χ2v) is 10.2. The maximum atomic E-state index is 6.18. The lowest BCUT2D eigenvalue weighted by Gasteiger charge is -2.47. The van der Waals surface area contributed by atoms with Crippen LogP contribution in [0.5, 0.6) is 0 Å². The van der Waals surface area contributed by atoms with Crippen LogP contribution in [0.1, 0.15) is 54.4 Å². The predicted octanol–water partition coefficient (Wildman–Crippen LogP) is 1.28. The molecule has 1 aliphatic carbocycles. The van der Waals surface area contributed by atoms with Gasteiger partial charge in [0, 0.05) is 50.3 Å². The van der Waals surface area contributed by atoms with Gasteiger partial charge >= 0.3 is 0 Å². The number of allylic oxidation sites excluding steroid dienone is 4. The van der Waals surface area contributed by atoms with Crippen LogP contribution in [0.4, 0.5) is 0 Å². The zero-order valence-electron chi connectivity index (χ0n) is 19.7. The maximum Gasteiger partial charge on any atom is 0.0284 e. The molecule has 2 heterocycles. The number of nitrogens with zero attached hydrogens (tertiary/aromatic N) is 2. The Kier molecular flexibility index (Phi) is 16.2. The molecule has 0 aromatic rings. The molecular formula is C23H50ClN5O3. The van der Waals surface area contributed by atoms with Crippen molar-refractivity contribution in [1.82, 2.24) is 26.2 Å². The molecule has 0 amide bonds. The zero-order valence-corrected chi connectivity index (χ0v) is 20.5. The molecule has 1 unspecified atom stereocenters. The summed E-state index contributed by atoms with van der Waals surface area (Å²) >= 11 is 6.18. The van der Waals surface area contributed by atoms with Gasteiger partial charge < -0.3 is 26.6 Å². The van der Waals surface area contributed by atoms with Gasteiger partial charge in [-0.15, -0.1) is 0 Å². The normalized spacial score (nSPS) is 24.2. The Hall–Kier alpha value is -0.550. The molecule has 9 heteroatoms. The van der Waals surface area contributed by atoms with E-state index < -0.39 is 0 Å². The van der Waals surface area contributed by atoms with Crippen molar-refractivity contribution < 1.29 is 16.4 Å². The summed E-state index contributed by atoms with van der Waals surface area (Å²) in [6.45, 7) is 17.3. The van der Waals surface area contributed by atoms with Crippen molar-refractivity contribution in [3.8, 4) is 0 Å². The Labute approximate surface area is 200 Å². The monoisotopic (exact) mass is 479 g/mol. The lowest BCUT2D eigenvalue weighted by Crippen LogP contribution is -2.53. The van der Waals surface area contributed by atoms with Crippen LogP contribution in [0.25, 0.3) is 0 Å². The van der Waals surface area contributed by atoms with Crippen LogP contribution in [0.3, 0.4) is 0 Å². The lowest BCUT2D eigenvalue weighted by atomic mass is 9.68. The van der Waals surface area contributed by atoms with Gasteiger partial charge in [-0.1, -0.05) is 58.4 Å². The average Bonchev–Trinajstić information content (AvgIpc) is 3.14. The third-order valence-corrected chi connectivity index (χ3v) is 6.99. The maximum absolute atomic E-state index is 6.18. The molecule has 0 saturated carbocycles. The number of nitrogens with one attached hydrogen (secondary N) is 3. The number of likely N-dealkylation sites (tertiary alicyclic amines) is 1. The molecule has 32 heavy (non-hydrogen) atoms. The average molecular weight is 480 g/mol. The summed E-state index contributed by atoms with van der Waals surface area (Å²) < 4.78 is 0. The van der Waals surface area contributed by atoms with Crippen molar-refractivity contribution in [2.45, 2.75) is 60.4 Å². The van der Waals surface area contributed by atoms with Gasteiger partial charge in [0.15, 0.2) is 0 Å². The van der Waals surface area contributed by atoms with E-state index in [-0.39, 0.29) is 23.9 Å². The molecule has 3 aliphatic rings. The first-order valence-corrected chi connectivity index (χ1v) is 11.5. The molecule has 2 atom stereocenters. The van der Waals surface area contributed by atoms with E-state index in [1.807, 2.05) is 0 Å². The smallest absolute Gasteiger partial charge is 0.0284 e. The molecular weight excluding hydrogens is 430 g/mol. The van der Waals surface area contributed by atoms with Gasteiger partial charge in [-0.3, -0.25) is 0 Å². The van der Waals surface area contributed by atoms with Gasteiger partial charge in [0.2, 0.25) is 0 Å². The number of hydrogen-bond acceptors (Lipinski definition) is 5. The van der Waals surface area contributed by atoms with Gasteiger partial charge in [0.05, 0.1) is 0 Å². The Morgan fingerprint density at radius 2 is 1.88 bits per heavy atom. The molecule has 192 valence electrons. The summed E-state index contributed by atoms with van der Waals surface area (Å²) in [6.07, 6.45) is 7.84. The molecule has 0 aromatic heterocycles. The molecule has 0 radical (unpaired) electrons. The summed E-state index contributed by atoms with van der Waals surface area (Å²) in [5, 5.41) is 7.07. The van der Waals surface area contributed by atoms with E-state index >= 15 is 0 Å².